The molecular weight excluding hydrogens is 240 g/mol. The minimum absolute atomic E-state index is 0.134. The summed E-state index contributed by atoms with van der Waals surface area (Å²) in [6.45, 7) is 5.37. The number of hydrogen-bond acceptors (Lipinski definition) is 4. The van der Waals surface area contributed by atoms with Crippen molar-refractivity contribution in [2.75, 3.05) is 0 Å². The standard InChI is InChI=1S/C11H16N2O3S/c1-6(2)10(11(15)16)13-8(14)4-9-12-7(3)5-17-9/h5-6,10H,4H2,1-3H3,(H,13,14)(H,15,16). The molecule has 0 aliphatic heterocycles. The highest BCUT2D eigenvalue weighted by Crippen LogP contribution is 2.10. The van der Waals surface area contributed by atoms with Crippen LogP contribution < -0.4 is 5.32 Å². The van der Waals surface area contributed by atoms with Crippen molar-refractivity contribution in [1.82, 2.24) is 10.3 Å². The molecule has 0 aliphatic rings. The smallest absolute Gasteiger partial charge is 0.326 e. The van der Waals surface area contributed by atoms with Crippen molar-refractivity contribution in [3.05, 3.63) is 16.1 Å². The zero-order valence-electron chi connectivity index (χ0n) is 10.1. The van der Waals surface area contributed by atoms with Crippen molar-refractivity contribution in [1.29, 1.82) is 0 Å². The molecule has 0 saturated carbocycles. The second-order valence-electron chi connectivity index (χ2n) is 4.19. The van der Waals surface area contributed by atoms with Crippen LogP contribution in [0.15, 0.2) is 5.38 Å². The molecular formula is C11H16N2O3S. The molecule has 0 spiro atoms. The highest BCUT2D eigenvalue weighted by atomic mass is 32.1. The van der Waals surface area contributed by atoms with Gasteiger partial charge in [0.15, 0.2) is 0 Å². The van der Waals surface area contributed by atoms with Crippen molar-refractivity contribution < 1.29 is 14.7 Å². The lowest BCUT2D eigenvalue weighted by Gasteiger charge is -2.17. The van der Waals surface area contributed by atoms with Crippen molar-refractivity contribution >= 4 is 23.2 Å². The van der Waals surface area contributed by atoms with Crippen LogP contribution in [0.5, 0.6) is 0 Å². The summed E-state index contributed by atoms with van der Waals surface area (Å²) in [5, 5.41) is 14.0. The Bertz CT molecular complexity index is 415. The number of rotatable bonds is 5. The second-order valence-corrected chi connectivity index (χ2v) is 5.13. The Morgan fingerprint density at radius 2 is 2.18 bits per heavy atom. The molecule has 0 bridgehead atoms. The third kappa shape index (κ3) is 4.14. The number of nitrogens with zero attached hydrogens (tertiary/aromatic N) is 1. The number of carboxylic acids is 1. The Labute approximate surface area is 104 Å². The molecule has 17 heavy (non-hydrogen) atoms. The third-order valence-corrected chi connectivity index (χ3v) is 3.19. The fourth-order valence-electron chi connectivity index (χ4n) is 1.36. The number of carbonyl (C=O) groups is 2. The lowest BCUT2D eigenvalue weighted by molar-refractivity contribution is -0.143. The van der Waals surface area contributed by atoms with E-state index in [-0.39, 0.29) is 18.2 Å². The van der Waals surface area contributed by atoms with Crippen LogP contribution in [-0.2, 0) is 16.0 Å². The Morgan fingerprint density at radius 3 is 2.59 bits per heavy atom. The van der Waals surface area contributed by atoms with E-state index in [1.807, 2.05) is 12.3 Å². The highest BCUT2D eigenvalue weighted by Gasteiger charge is 2.23. The van der Waals surface area contributed by atoms with Crippen LogP contribution in [0.4, 0.5) is 0 Å². The normalized spacial score (nSPS) is 12.5. The summed E-state index contributed by atoms with van der Waals surface area (Å²) >= 11 is 1.40. The molecule has 0 aromatic carbocycles. The molecule has 1 aromatic rings. The van der Waals surface area contributed by atoms with E-state index < -0.39 is 12.0 Å². The minimum Gasteiger partial charge on any atom is -0.480 e. The summed E-state index contributed by atoms with van der Waals surface area (Å²) < 4.78 is 0. The van der Waals surface area contributed by atoms with E-state index in [2.05, 4.69) is 10.3 Å². The third-order valence-electron chi connectivity index (χ3n) is 2.23. The first-order chi connectivity index (χ1) is 7.90. The average molecular weight is 256 g/mol. The maximum absolute atomic E-state index is 11.6. The molecule has 1 rings (SSSR count). The lowest BCUT2D eigenvalue weighted by atomic mass is 10.0. The van der Waals surface area contributed by atoms with E-state index in [0.717, 1.165) is 5.69 Å². The first kappa shape index (κ1) is 13.6. The first-order valence-electron chi connectivity index (χ1n) is 5.33. The van der Waals surface area contributed by atoms with E-state index in [0.29, 0.717) is 5.01 Å². The number of aryl methyl sites for hydroxylation is 1. The number of carboxylic acid groups (broad SMARTS) is 1. The van der Waals surface area contributed by atoms with Gasteiger partial charge in [0.1, 0.15) is 11.0 Å². The van der Waals surface area contributed by atoms with Gasteiger partial charge in [-0.1, -0.05) is 13.8 Å². The van der Waals surface area contributed by atoms with Crippen molar-refractivity contribution in [2.24, 2.45) is 5.92 Å². The zero-order valence-corrected chi connectivity index (χ0v) is 10.9. The number of aromatic nitrogens is 1. The Morgan fingerprint density at radius 1 is 1.53 bits per heavy atom. The number of hydrogen-bond donors (Lipinski definition) is 2. The van der Waals surface area contributed by atoms with Gasteiger partial charge >= 0.3 is 5.97 Å². The van der Waals surface area contributed by atoms with Crippen LogP contribution in [0, 0.1) is 12.8 Å². The molecule has 1 aromatic heterocycles. The van der Waals surface area contributed by atoms with Crippen LogP contribution in [-0.4, -0.2) is 28.0 Å². The summed E-state index contributed by atoms with van der Waals surface area (Å²) in [6.07, 6.45) is 0.134. The summed E-state index contributed by atoms with van der Waals surface area (Å²) in [7, 11) is 0. The van der Waals surface area contributed by atoms with Gasteiger partial charge in [0.2, 0.25) is 5.91 Å². The fourth-order valence-corrected chi connectivity index (χ4v) is 2.13. The van der Waals surface area contributed by atoms with Gasteiger partial charge in [-0.05, 0) is 12.8 Å². The maximum Gasteiger partial charge on any atom is 0.326 e. The number of nitrogens with one attached hydrogen (secondary N) is 1. The zero-order chi connectivity index (χ0) is 13.0. The van der Waals surface area contributed by atoms with Gasteiger partial charge < -0.3 is 10.4 Å². The maximum atomic E-state index is 11.6. The highest BCUT2D eigenvalue weighted by molar-refractivity contribution is 7.09. The van der Waals surface area contributed by atoms with E-state index in [1.165, 1.54) is 11.3 Å². The van der Waals surface area contributed by atoms with E-state index >= 15 is 0 Å². The summed E-state index contributed by atoms with van der Waals surface area (Å²) in [5.74, 6) is -1.46. The summed E-state index contributed by atoms with van der Waals surface area (Å²) in [4.78, 5) is 26.7. The molecule has 1 heterocycles. The van der Waals surface area contributed by atoms with Gasteiger partial charge in [-0.3, -0.25) is 4.79 Å². The Hall–Kier alpha value is -1.43. The molecule has 2 N–H and O–H groups in total. The molecule has 94 valence electrons. The van der Waals surface area contributed by atoms with Crippen LogP contribution in [0.3, 0.4) is 0 Å². The van der Waals surface area contributed by atoms with Crippen LogP contribution in [0.2, 0.25) is 0 Å². The molecule has 0 aliphatic carbocycles. The number of aliphatic carboxylic acids is 1. The first-order valence-corrected chi connectivity index (χ1v) is 6.21. The summed E-state index contributed by atoms with van der Waals surface area (Å²) in [5.41, 5.74) is 0.872. The number of carbonyl (C=O) groups excluding carboxylic acids is 1. The topological polar surface area (TPSA) is 79.3 Å². The van der Waals surface area contributed by atoms with Crippen molar-refractivity contribution in [2.45, 2.75) is 33.2 Å². The number of thiazole rings is 1. The molecule has 1 atom stereocenters. The molecule has 0 saturated heterocycles. The lowest BCUT2D eigenvalue weighted by Crippen LogP contribution is -2.44. The quantitative estimate of drug-likeness (QED) is 0.830. The van der Waals surface area contributed by atoms with E-state index in [1.54, 1.807) is 13.8 Å². The van der Waals surface area contributed by atoms with Crippen LogP contribution in [0.25, 0.3) is 0 Å². The fraction of sp³-hybridized carbons (Fsp3) is 0.545. The SMILES string of the molecule is Cc1csc(CC(=O)NC(C(=O)O)C(C)C)n1. The molecule has 0 fully saturated rings. The minimum atomic E-state index is -1.01. The van der Waals surface area contributed by atoms with E-state index in [4.69, 9.17) is 5.11 Å². The average Bonchev–Trinajstić information content (AvgIpc) is 2.59. The van der Waals surface area contributed by atoms with Gasteiger partial charge in [-0.25, -0.2) is 9.78 Å². The Kier molecular flexibility index (Phi) is 4.62. The van der Waals surface area contributed by atoms with Crippen LogP contribution in [0.1, 0.15) is 24.5 Å². The van der Waals surface area contributed by atoms with E-state index in [9.17, 15) is 9.59 Å². The van der Waals surface area contributed by atoms with Gasteiger partial charge in [-0.2, -0.15) is 0 Å². The monoisotopic (exact) mass is 256 g/mol. The van der Waals surface area contributed by atoms with Gasteiger partial charge in [0.05, 0.1) is 6.42 Å². The van der Waals surface area contributed by atoms with Gasteiger partial charge in [-0.15, -0.1) is 11.3 Å². The van der Waals surface area contributed by atoms with Crippen molar-refractivity contribution in [3.63, 3.8) is 0 Å². The predicted octanol–water partition coefficient (Wildman–Crippen LogP) is 1.22. The molecule has 1 unspecified atom stereocenters. The summed E-state index contributed by atoms with van der Waals surface area (Å²) in [6, 6.07) is -0.844. The van der Waals surface area contributed by atoms with Gasteiger partial charge in [0, 0.05) is 11.1 Å². The molecule has 0 radical (unpaired) electrons. The van der Waals surface area contributed by atoms with Gasteiger partial charge in [0.25, 0.3) is 0 Å². The largest absolute Gasteiger partial charge is 0.480 e. The van der Waals surface area contributed by atoms with Crippen LogP contribution >= 0.6 is 11.3 Å². The molecule has 5 nitrogen and oxygen atoms in total. The second kappa shape index (κ2) is 5.77. The Balaban J connectivity index is 2.56. The molecule has 1 amide bonds. The number of amides is 1. The predicted molar refractivity (Wildman–Crippen MR) is 65.0 cm³/mol. The van der Waals surface area contributed by atoms with Crippen molar-refractivity contribution in [3.8, 4) is 0 Å². The molecule has 6 heteroatoms.